The van der Waals surface area contributed by atoms with E-state index >= 15 is 0 Å². The minimum Gasteiger partial charge on any atom is -0.291 e. The average Bonchev–Trinajstić information content (AvgIpc) is 2.35. The van der Waals surface area contributed by atoms with Crippen LogP contribution in [0.1, 0.15) is 11.4 Å². The SMILES string of the molecule is Cc1ncc(Br)c(=O)n1Cc1cccc(Cl)c1F. The maximum Gasteiger partial charge on any atom is 0.268 e. The molecule has 0 saturated heterocycles. The topological polar surface area (TPSA) is 34.9 Å². The third kappa shape index (κ3) is 2.47. The van der Waals surface area contributed by atoms with Crippen LogP contribution in [0.4, 0.5) is 4.39 Å². The van der Waals surface area contributed by atoms with E-state index in [0.717, 1.165) is 0 Å². The smallest absolute Gasteiger partial charge is 0.268 e. The van der Waals surface area contributed by atoms with Crippen LogP contribution in [-0.4, -0.2) is 9.55 Å². The second-order valence-corrected chi connectivity index (χ2v) is 5.02. The summed E-state index contributed by atoms with van der Waals surface area (Å²) in [4.78, 5) is 16.0. The Morgan fingerprint density at radius 3 is 2.94 bits per heavy atom. The molecule has 0 N–H and O–H groups in total. The predicted octanol–water partition coefficient (Wildman–Crippen LogP) is 3.16. The van der Waals surface area contributed by atoms with E-state index in [1.54, 1.807) is 19.1 Å². The zero-order chi connectivity index (χ0) is 13.3. The molecule has 0 aliphatic rings. The van der Waals surface area contributed by atoms with E-state index in [1.807, 2.05) is 0 Å². The molecule has 2 aromatic rings. The maximum absolute atomic E-state index is 13.8. The Labute approximate surface area is 116 Å². The quantitative estimate of drug-likeness (QED) is 0.847. The van der Waals surface area contributed by atoms with Gasteiger partial charge in [0.2, 0.25) is 0 Å². The molecular weight excluding hydrogens is 322 g/mol. The molecule has 6 heteroatoms. The molecule has 18 heavy (non-hydrogen) atoms. The molecule has 0 aliphatic carbocycles. The lowest BCUT2D eigenvalue weighted by Crippen LogP contribution is -2.24. The summed E-state index contributed by atoms with van der Waals surface area (Å²) in [6, 6.07) is 4.70. The maximum atomic E-state index is 13.8. The van der Waals surface area contributed by atoms with E-state index in [-0.39, 0.29) is 17.1 Å². The summed E-state index contributed by atoms with van der Waals surface area (Å²) in [7, 11) is 0. The van der Waals surface area contributed by atoms with Crippen LogP contribution in [0, 0.1) is 12.7 Å². The van der Waals surface area contributed by atoms with Gasteiger partial charge >= 0.3 is 0 Å². The number of halogens is 3. The van der Waals surface area contributed by atoms with Crippen molar-refractivity contribution in [1.29, 1.82) is 0 Å². The lowest BCUT2D eigenvalue weighted by atomic mass is 10.2. The highest BCUT2D eigenvalue weighted by atomic mass is 79.9. The fraction of sp³-hybridized carbons (Fsp3) is 0.167. The first-order valence-electron chi connectivity index (χ1n) is 5.15. The Morgan fingerprint density at radius 1 is 1.50 bits per heavy atom. The lowest BCUT2D eigenvalue weighted by Gasteiger charge is -2.10. The number of benzene rings is 1. The van der Waals surface area contributed by atoms with Crippen LogP contribution < -0.4 is 5.56 Å². The van der Waals surface area contributed by atoms with E-state index in [9.17, 15) is 9.18 Å². The fourth-order valence-electron chi connectivity index (χ4n) is 1.58. The molecule has 94 valence electrons. The molecule has 0 bridgehead atoms. The predicted molar refractivity (Wildman–Crippen MR) is 71.4 cm³/mol. The van der Waals surface area contributed by atoms with Crippen LogP contribution in [0.5, 0.6) is 0 Å². The van der Waals surface area contributed by atoms with Gasteiger partial charge in [-0.3, -0.25) is 9.36 Å². The van der Waals surface area contributed by atoms with Gasteiger partial charge < -0.3 is 0 Å². The summed E-state index contributed by atoms with van der Waals surface area (Å²) in [6.45, 7) is 1.79. The Balaban J connectivity index is 2.50. The number of nitrogens with zero attached hydrogens (tertiary/aromatic N) is 2. The molecule has 1 aromatic heterocycles. The Hall–Kier alpha value is -1.20. The van der Waals surface area contributed by atoms with Crippen LogP contribution in [0.25, 0.3) is 0 Å². The molecule has 1 aromatic carbocycles. The van der Waals surface area contributed by atoms with E-state index in [1.165, 1.54) is 16.8 Å². The van der Waals surface area contributed by atoms with Crippen LogP contribution in [0.3, 0.4) is 0 Å². The first-order valence-corrected chi connectivity index (χ1v) is 6.32. The first kappa shape index (κ1) is 13.2. The van der Waals surface area contributed by atoms with Crippen molar-refractivity contribution in [2.45, 2.75) is 13.5 Å². The van der Waals surface area contributed by atoms with Gasteiger partial charge in [0.25, 0.3) is 5.56 Å². The molecule has 0 saturated carbocycles. The number of hydrogen-bond acceptors (Lipinski definition) is 2. The Morgan fingerprint density at radius 2 is 2.22 bits per heavy atom. The zero-order valence-corrected chi connectivity index (χ0v) is 11.8. The molecule has 0 radical (unpaired) electrons. The molecule has 0 unspecified atom stereocenters. The van der Waals surface area contributed by atoms with Crippen molar-refractivity contribution in [2.75, 3.05) is 0 Å². The summed E-state index contributed by atoms with van der Waals surface area (Å²) < 4.78 is 15.5. The van der Waals surface area contributed by atoms with Gasteiger partial charge in [-0.05, 0) is 28.9 Å². The van der Waals surface area contributed by atoms with Gasteiger partial charge in [0, 0.05) is 11.8 Å². The summed E-state index contributed by atoms with van der Waals surface area (Å²) >= 11 is 8.81. The van der Waals surface area contributed by atoms with Crippen LogP contribution in [-0.2, 0) is 6.54 Å². The minimum absolute atomic E-state index is 0.0427. The van der Waals surface area contributed by atoms with E-state index in [2.05, 4.69) is 20.9 Å². The molecular formula is C12H9BrClFN2O. The second-order valence-electron chi connectivity index (χ2n) is 3.76. The standard InChI is InChI=1S/C12H9BrClFN2O/c1-7-16-5-9(13)12(18)17(7)6-8-3-2-4-10(14)11(8)15/h2-5H,6H2,1H3. The van der Waals surface area contributed by atoms with Gasteiger partial charge in [-0.1, -0.05) is 23.7 Å². The highest BCUT2D eigenvalue weighted by molar-refractivity contribution is 9.10. The molecule has 2 rings (SSSR count). The molecule has 0 fully saturated rings. The monoisotopic (exact) mass is 330 g/mol. The molecule has 3 nitrogen and oxygen atoms in total. The van der Waals surface area contributed by atoms with Crippen molar-refractivity contribution in [3.05, 3.63) is 61.5 Å². The summed E-state index contributed by atoms with van der Waals surface area (Å²) in [5.74, 6) is 0.00742. The number of aromatic nitrogens is 2. The van der Waals surface area contributed by atoms with Crippen molar-refractivity contribution in [1.82, 2.24) is 9.55 Å². The van der Waals surface area contributed by atoms with Crippen molar-refractivity contribution < 1.29 is 4.39 Å². The fourth-order valence-corrected chi connectivity index (χ4v) is 2.09. The summed E-state index contributed by atoms with van der Waals surface area (Å²) in [5, 5.41) is 0.0427. The van der Waals surface area contributed by atoms with Crippen molar-refractivity contribution in [2.24, 2.45) is 0 Å². The Bertz CT molecular complexity index is 657. The average molecular weight is 332 g/mol. The Kier molecular flexibility index (Phi) is 3.82. The van der Waals surface area contributed by atoms with Crippen LogP contribution >= 0.6 is 27.5 Å². The van der Waals surface area contributed by atoms with E-state index in [4.69, 9.17) is 11.6 Å². The summed E-state index contributed by atoms with van der Waals surface area (Å²) in [5.41, 5.74) is 0.106. The highest BCUT2D eigenvalue weighted by Gasteiger charge is 2.10. The van der Waals surface area contributed by atoms with E-state index < -0.39 is 5.82 Å². The molecule has 1 heterocycles. The van der Waals surface area contributed by atoms with Gasteiger partial charge in [-0.2, -0.15) is 0 Å². The molecule has 0 aliphatic heterocycles. The number of aryl methyl sites for hydroxylation is 1. The van der Waals surface area contributed by atoms with Crippen molar-refractivity contribution in [3.63, 3.8) is 0 Å². The third-order valence-corrected chi connectivity index (χ3v) is 3.40. The van der Waals surface area contributed by atoms with Gasteiger partial charge in [-0.15, -0.1) is 0 Å². The van der Waals surface area contributed by atoms with Crippen molar-refractivity contribution >= 4 is 27.5 Å². The molecule has 0 spiro atoms. The normalized spacial score (nSPS) is 10.7. The largest absolute Gasteiger partial charge is 0.291 e. The van der Waals surface area contributed by atoms with Crippen molar-refractivity contribution in [3.8, 4) is 0 Å². The third-order valence-electron chi connectivity index (χ3n) is 2.56. The van der Waals surface area contributed by atoms with Crippen LogP contribution in [0.15, 0.2) is 33.7 Å². The molecule has 0 atom stereocenters. The minimum atomic E-state index is -0.509. The van der Waals surface area contributed by atoms with Gasteiger partial charge in [0.15, 0.2) is 0 Å². The highest BCUT2D eigenvalue weighted by Crippen LogP contribution is 2.18. The second kappa shape index (κ2) is 5.20. The molecule has 0 amide bonds. The van der Waals surface area contributed by atoms with Gasteiger partial charge in [-0.25, -0.2) is 9.37 Å². The lowest BCUT2D eigenvalue weighted by molar-refractivity contribution is 0.589. The first-order chi connectivity index (χ1) is 8.50. The van der Waals surface area contributed by atoms with Crippen LogP contribution in [0.2, 0.25) is 5.02 Å². The number of hydrogen-bond donors (Lipinski definition) is 0. The number of rotatable bonds is 2. The zero-order valence-electron chi connectivity index (χ0n) is 9.45. The van der Waals surface area contributed by atoms with Gasteiger partial charge in [0.05, 0.1) is 11.6 Å². The summed E-state index contributed by atoms with van der Waals surface area (Å²) in [6.07, 6.45) is 1.43. The van der Waals surface area contributed by atoms with Gasteiger partial charge in [0.1, 0.15) is 16.1 Å². The van der Waals surface area contributed by atoms with E-state index in [0.29, 0.717) is 15.9 Å².